The normalized spacial score (nSPS) is 16.8. The molecule has 24 heavy (non-hydrogen) atoms. The van der Waals surface area contributed by atoms with Crippen molar-refractivity contribution in [2.24, 2.45) is 0 Å². The Morgan fingerprint density at radius 1 is 1.38 bits per heavy atom. The molecule has 1 fully saturated rings. The third-order valence-corrected chi connectivity index (χ3v) is 5.47. The molecule has 2 amide bonds. The lowest BCUT2D eigenvalue weighted by molar-refractivity contribution is -0.121. The summed E-state index contributed by atoms with van der Waals surface area (Å²) in [6, 6.07) is 2.81. The van der Waals surface area contributed by atoms with Crippen LogP contribution in [0.1, 0.15) is 19.3 Å². The molecule has 0 aromatic heterocycles. The van der Waals surface area contributed by atoms with Gasteiger partial charge in [-0.2, -0.15) is 0 Å². The number of benzene rings is 1. The number of nitrogens with one attached hydrogen (secondary N) is 3. The summed E-state index contributed by atoms with van der Waals surface area (Å²) in [5.74, 6) is -0.303. The van der Waals surface area contributed by atoms with Crippen molar-refractivity contribution in [2.75, 3.05) is 18.5 Å². The first-order valence-electron chi connectivity index (χ1n) is 7.40. The van der Waals surface area contributed by atoms with Crippen LogP contribution in [0, 0.1) is 0 Å². The van der Waals surface area contributed by atoms with Gasteiger partial charge in [0.15, 0.2) is 6.61 Å². The second kappa shape index (κ2) is 6.58. The van der Waals surface area contributed by atoms with Crippen LogP contribution >= 0.6 is 11.6 Å². The minimum Gasteiger partial charge on any atom is -0.482 e. The van der Waals surface area contributed by atoms with Gasteiger partial charge < -0.3 is 15.4 Å². The summed E-state index contributed by atoms with van der Waals surface area (Å²) >= 11 is 6.01. The molecular weight excluding hydrogens is 358 g/mol. The lowest BCUT2D eigenvalue weighted by Gasteiger charge is -2.19. The van der Waals surface area contributed by atoms with Gasteiger partial charge in [-0.1, -0.05) is 11.6 Å². The molecule has 8 nitrogen and oxygen atoms in total. The van der Waals surface area contributed by atoms with E-state index >= 15 is 0 Å². The molecule has 0 saturated heterocycles. The van der Waals surface area contributed by atoms with Crippen molar-refractivity contribution in [3.05, 3.63) is 17.2 Å². The van der Waals surface area contributed by atoms with Gasteiger partial charge in [0.05, 0.1) is 10.7 Å². The fourth-order valence-electron chi connectivity index (χ4n) is 2.19. The molecule has 0 bridgehead atoms. The van der Waals surface area contributed by atoms with Crippen molar-refractivity contribution < 1.29 is 22.7 Å². The maximum Gasteiger partial charge on any atom is 0.262 e. The first kappa shape index (κ1) is 17.0. The van der Waals surface area contributed by atoms with E-state index in [2.05, 4.69) is 15.4 Å². The van der Waals surface area contributed by atoms with E-state index in [1.54, 1.807) is 0 Å². The smallest absolute Gasteiger partial charge is 0.262 e. The van der Waals surface area contributed by atoms with Gasteiger partial charge in [-0.15, -0.1) is 0 Å². The standard InChI is InChI=1S/C14H16ClN3O5S/c15-9-5-10-11(23-7-14(20)18-10)6-12(9)24(21,22)16-4-3-13(19)17-8-1-2-8/h5-6,8,16H,1-4,7H2,(H,17,19)(H,18,20). The molecule has 0 unspecified atom stereocenters. The number of carbonyl (C=O) groups excluding carboxylic acids is 2. The number of sulfonamides is 1. The summed E-state index contributed by atoms with van der Waals surface area (Å²) in [7, 11) is -3.90. The van der Waals surface area contributed by atoms with Crippen molar-refractivity contribution in [1.29, 1.82) is 0 Å². The Kier molecular flexibility index (Phi) is 4.66. The highest BCUT2D eigenvalue weighted by atomic mass is 35.5. The summed E-state index contributed by atoms with van der Waals surface area (Å²) in [5, 5.41) is 5.27. The lowest BCUT2D eigenvalue weighted by Crippen LogP contribution is -2.32. The molecule has 1 aromatic rings. The third-order valence-electron chi connectivity index (χ3n) is 3.54. The molecule has 1 heterocycles. The number of hydrogen-bond donors (Lipinski definition) is 3. The van der Waals surface area contributed by atoms with E-state index in [-0.39, 0.29) is 53.1 Å². The van der Waals surface area contributed by atoms with E-state index in [0.717, 1.165) is 12.8 Å². The summed E-state index contributed by atoms with van der Waals surface area (Å²) < 4.78 is 32.2. The number of halogens is 1. The quantitative estimate of drug-likeness (QED) is 0.676. The van der Waals surface area contributed by atoms with Gasteiger partial charge >= 0.3 is 0 Å². The molecule has 3 N–H and O–H groups in total. The van der Waals surface area contributed by atoms with E-state index in [4.69, 9.17) is 16.3 Å². The van der Waals surface area contributed by atoms with Crippen molar-refractivity contribution in [3.8, 4) is 5.75 Å². The van der Waals surface area contributed by atoms with Gasteiger partial charge in [-0.05, 0) is 18.9 Å². The molecular formula is C14H16ClN3O5S. The average molecular weight is 374 g/mol. The molecule has 3 rings (SSSR count). The summed E-state index contributed by atoms with van der Waals surface area (Å²) in [6.45, 7) is -0.227. The molecule has 1 aromatic carbocycles. The lowest BCUT2D eigenvalue weighted by atomic mass is 10.2. The first-order chi connectivity index (χ1) is 11.3. The summed E-state index contributed by atoms with van der Waals surface area (Å²) in [6.07, 6.45) is 1.99. The molecule has 1 saturated carbocycles. The number of fused-ring (bicyclic) bond motifs is 1. The predicted molar refractivity (Wildman–Crippen MR) is 86.5 cm³/mol. The van der Waals surface area contributed by atoms with Crippen LogP contribution < -0.4 is 20.1 Å². The van der Waals surface area contributed by atoms with Crippen molar-refractivity contribution >= 4 is 39.1 Å². The van der Waals surface area contributed by atoms with Crippen LogP contribution in [0.3, 0.4) is 0 Å². The second-order valence-electron chi connectivity index (χ2n) is 5.61. The van der Waals surface area contributed by atoms with Gasteiger partial charge in [0.1, 0.15) is 10.6 Å². The van der Waals surface area contributed by atoms with Gasteiger partial charge in [0, 0.05) is 25.1 Å². The topological polar surface area (TPSA) is 114 Å². The number of ether oxygens (including phenoxy) is 1. The first-order valence-corrected chi connectivity index (χ1v) is 9.26. The average Bonchev–Trinajstić information content (AvgIpc) is 3.29. The zero-order valence-corrected chi connectivity index (χ0v) is 14.2. The molecule has 1 aliphatic heterocycles. The van der Waals surface area contributed by atoms with Gasteiger partial charge in [0.25, 0.3) is 5.91 Å². The Morgan fingerprint density at radius 3 is 2.83 bits per heavy atom. The van der Waals surface area contributed by atoms with Gasteiger partial charge in [0.2, 0.25) is 15.9 Å². The summed E-state index contributed by atoms with van der Waals surface area (Å²) in [4.78, 5) is 22.7. The van der Waals surface area contributed by atoms with Crippen molar-refractivity contribution in [3.63, 3.8) is 0 Å². The number of anilines is 1. The third kappa shape index (κ3) is 3.97. The highest BCUT2D eigenvalue weighted by Gasteiger charge is 2.25. The molecule has 0 spiro atoms. The Morgan fingerprint density at radius 2 is 2.12 bits per heavy atom. The van der Waals surface area contributed by atoms with Crippen LogP contribution in [0.4, 0.5) is 5.69 Å². The molecule has 10 heteroatoms. The van der Waals surface area contributed by atoms with E-state index in [0.29, 0.717) is 5.69 Å². The van der Waals surface area contributed by atoms with Crippen molar-refractivity contribution in [2.45, 2.75) is 30.2 Å². The van der Waals surface area contributed by atoms with Crippen LogP contribution in [0.15, 0.2) is 17.0 Å². The zero-order valence-electron chi connectivity index (χ0n) is 12.6. The van der Waals surface area contributed by atoms with Crippen LogP contribution in [0.25, 0.3) is 0 Å². The highest BCUT2D eigenvalue weighted by molar-refractivity contribution is 7.89. The Hall–Kier alpha value is -1.84. The fourth-order valence-corrected chi connectivity index (χ4v) is 3.76. The van der Waals surface area contributed by atoms with Crippen LogP contribution in [-0.4, -0.2) is 39.4 Å². The van der Waals surface area contributed by atoms with Crippen LogP contribution in [0.5, 0.6) is 5.75 Å². The van der Waals surface area contributed by atoms with E-state index < -0.39 is 10.0 Å². The maximum atomic E-state index is 12.3. The molecule has 130 valence electrons. The highest BCUT2D eigenvalue weighted by Crippen LogP contribution is 2.35. The monoisotopic (exact) mass is 373 g/mol. The van der Waals surface area contributed by atoms with E-state index in [9.17, 15) is 18.0 Å². The van der Waals surface area contributed by atoms with Crippen molar-refractivity contribution in [1.82, 2.24) is 10.0 Å². The molecule has 0 radical (unpaired) electrons. The molecule has 1 aliphatic carbocycles. The Bertz CT molecular complexity index is 792. The Balaban J connectivity index is 1.67. The Labute approximate surface area is 143 Å². The number of hydrogen-bond acceptors (Lipinski definition) is 5. The number of carbonyl (C=O) groups is 2. The largest absolute Gasteiger partial charge is 0.482 e. The zero-order chi connectivity index (χ0) is 17.3. The SMILES string of the molecule is O=C1COc2cc(S(=O)(=O)NCCC(=O)NC3CC3)c(Cl)cc2N1. The minimum atomic E-state index is -3.90. The molecule has 2 aliphatic rings. The number of amides is 2. The van der Waals surface area contributed by atoms with Crippen LogP contribution in [-0.2, 0) is 19.6 Å². The summed E-state index contributed by atoms with van der Waals surface area (Å²) in [5.41, 5.74) is 0.319. The van der Waals surface area contributed by atoms with E-state index in [1.807, 2.05) is 0 Å². The maximum absolute atomic E-state index is 12.3. The predicted octanol–water partition coefficient (Wildman–Crippen LogP) is 0.618. The van der Waals surface area contributed by atoms with E-state index in [1.165, 1.54) is 12.1 Å². The minimum absolute atomic E-state index is 0.0358. The second-order valence-corrected chi connectivity index (χ2v) is 7.75. The van der Waals surface area contributed by atoms with Crippen LogP contribution in [0.2, 0.25) is 5.02 Å². The van der Waals surface area contributed by atoms with Gasteiger partial charge in [-0.3, -0.25) is 9.59 Å². The fraction of sp³-hybridized carbons (Fsp3) is 0.429. The van der Waals surface area contributed by atoms with Gasteiger partial charge in [-0.25, -0.2) is 13.1 Å². The number of rotatable bonds is 6. The molecule has 0 atom stereocenters.